The molecule has 0 amide bonds. The zero-order chi connectivity index (χ0) is 11.9. The minimum Gasteiger partial charge on any atom is -0.395 e. The van der Waals surface area contributed by atoms with E-state index in [2.05, 4.69) is 35.6 Å². The molecule has 2 heteroatoms. The van der Waals surface area contributed by atoms with Crippen molar-refractivity contribution in [2.45, 2.75) is 38.1 Å². The van der Waals surface area contributed by atoms with E-state index in [0.29, 0.717) is 12.6 Å². The van der Waals surface area contributed by atoms with Crippen LogP contribution in [0.15, 0.2) is 30.3 Å². The van der Waals surface area contributed by atoms with Crippen molar-refractivity contribution >= 4 is 0 Å². The van der Waals surface area contributed by atoms with Gasteiger partial charge in [0.05, 0.1) is 6.61 Å². The number of aliphatic hydroxyl groups excluding tert-OH is 1. The molecule has 1 aliphatic carbocycles. The third kappa shape index (κ3) is 3.83. The van der Waals surface area contributed by atoms with E-state index in [-0.39, 0.29) is 6.61 Å². The van der Waals surface area contributed by atoms with Crippen molar-refractivity contribution in [3.63, 3.8) is 0 Å². The first-order valence-electron chi connectivity index (χ1n) is 6.79. The summed E-state index contributed by atoms with van der Waals surface area (Å²) in [5.74, 6) is 0.867. The third-order valence-electron chi connectivity index (χ3n) is 3.75. The van der Waals surface area contributed by atoms with E-state index in [1.807, 2.05) is 0 Å². The summed E-state index contributed by atoms with van der Waals surface area (Å²) in [5.41, 5.74) is 1.35. The molecule has 1 unspecified atom stereocenters. The van der Waals surface area contributed by atoms with Crippen LogP contribution in [0.25, 0.3) is 0 Å². The molecule has 0 bridgehead atoms. The summed E-state index contributed by atoms with van der Waals surface area (Å²) in [7, 11) is 0. The van der Waals surface area contributed by atoms with Crippen molar-refractivity contribution < 1.29 is 5.11 Å². The van der Waals surface area contributed by atoms with Gasteiger partial charge in [-0.3, -0.25) is 0 Å². The Morgan fingerprint density at radius 1 is 1.18 bits per heavy atom. The van der Waals surface area contributed by atoms with Crippen LogP contribution < -0.4 is 5.32 Å². The molecule has 0 saturated heterocycles. The number of benzene rings is 1. The van der Waals surface area contributed by atoms with E-state index in [1.165, 1.54) is 37.7 Å². The summed E-state index contributed by atoms with van der Waals surface area (Å²) >= 11 is 0. The minimum atomic E-state index is 0.216. The van der Waals surface area contributed by atoms with Gasteiger partial charge < -0.3 is 10.4 Å². The average molecular weight is 233 g/mol. The van der Waals surface area contributed by atoms with Crippen molar-refractivity contribution in [1.82, 2.24) is 5.32 Å². The molecule has 1 saturated carbocycles. The highest BCUT2D eigenvalue weighted by Crippen LogP contribution is 2.32. The topological polar surface area (TPSA) is 32.3 Å². The molecule has 0 spiro atoms. The van der Waals surface area contributed by atoms with Crippen LogP contribution in [0.4, 0.5) is 0 Å². The molecule has 94 valence electrons. The molecular weight excluding hydrogens is 210 g/mol. The molecule has 1 aliphatic rings. The molecule has 0 aromatic heterocycles. The Kier molecular flexibility index (Phi) is 5.02. The van der Waals surface area contributed by atoms with E-state index in [9.17, 15) is 0 Å². The van der Waals surface area contributed by atoms with Crippen LogP contribution in [0.5, 0.6) is 0 Å². The monoisotopic (exact) mass is 233 g/mol. The van der Waals surface area contributed by atoms with Gasteiger partial charge in [0.15, 0.2) is 0 Å². The predicted molar refractivity (Wildman–Crippen MR) is 70.8 cm³/mol. The van der Waals surface area contributed by atoms with Crippen LogP contribution in [0.3, 0.4) is 0 Å². The lowest BCUT2D eigenvalue weighted by Gasteiger charge is -2.22. The molecule has 0 radical (unpaired) electrons. The predicted octanol–water partition coefficient (Wildman–Crippen LogP) is 2.89. The van der Waals surface area contributed by atoms with Crippen LogP contribution in [-0.4, -0.2) is 18.3 Å². The molecule has 0 heterocycles. The van der Waals surface area contributed by atoms with Crippen molar-refractivity contribution in [2.75, 3.05) is 13.2 Å². The smallest absolute Gasteiger partial charge is 0.0556 e. The van der Waals surface area contributed by atoms with Crippen molar-refractivity contribution in [2.24, 2.45) is 5.92 Å². The van der Waals surface area contributed by atoms with Gasteiger partial charge in [0, 0.05) is 12.6 Å². The zero-order valence-corrected chi connectivity index (χ0v) is 10.4. The minimum absolute atomic E-state index is 0.216. The summed E-state index contributed by atoms with van der Waals surface area (Å²) in [5, 5.41) is 12.4. The maximum Gasteiger partial charge on any atom is 0.0556 e. The van der Waals surface area contributed by atoms with Gasteiger partial charge in [0.25, 0.3) is 0 Å². The van der Waals surface area contributed by atoms with Crippen LogP contribution in [0, 0.1) is 5.92 Å². The van der Waals surface area contributed by atoms with Crippen LogP contribution >= 0.6 is 0 Å². The van der Waals surface area contributed by atoms with Gasteiger partial charge in [-0.25, -0.2) is 0 Å². The first-order chi connectivity index (χ1) is 8.40. The van der Waals surface area contributed by atoms with Gasteiger partial charge in [-0.15, -0.1) is 0 Å². The van der Waals surface area contributed by atoms with E-state index < -0.39 is 0 Å². The highest BCUT2D eigenvalue weighted by molar-refractivity contribution is 5.19. The molecule has 2 nitrogen and oxygen atoms in total. The second-order valence-electron chi connectivity index (χ2n) is 5.03. The first-order valence-corrected chi connectivity index (χ1v) is 6.79. The lowest BCUT2D eigenvalue weighted by molar-refractivity contribution is 0.276. The second kappa shape index (κ2) is 6.77. The summed E-state index contributed by atoms with van der Waals surface area (Å²) in [4.78, 5) is 0. The third-order valence-corrected chi connectivity index (χ3v) is 3.75. The summed E-state index contributed by atoms with van der Waals surface area (Å²) in [6.45, 7) is 0.903. The summed E-state index contributed by atoms with van der Waals surface area (Å²) in [6.07, 6.45) is 6.76. The van der Waals surface area contributed by atoms with E-state index in [4.69, 9.17) is 5.11 Å². The highest BCUT2D eigenvalue weighted by atomic mass is 16.3. The highest BCUT2D eigenvalue weighted by Gasteiger charge is 2.20. The van der Waals surface area contributed by atoms with Crippen LogP contribution in [0.1, 0.15) is 43.7 Å². The lowest BCUT2D eigenvalue weighted by atomic mass is 9.93. The average Bonchev–Trinajstić information content (AvgIpc) is 2.88. The molecule has 17 heavy (non-hydrogen) atoms. The van der Waals surface area contributed by atoms with Gasteiger partial charge in [0.1, 0.15) is 0 Å². The molecular formula is C15H23NO. The Hall–Kier alpha value is -0.860. The normalized spacial score (nSPS) is 18.4. The number of aliphatic hydroxyl groups is 1. The fourth-order valence-electron chi connectivity index (χ4n) is 2.84. The maximum absolute atomic E-state index is 8.96. The fraction of sp³-hybridized carbons (Fsp3) is 0.600. The van der Waals surface area contributed by atoms with Gasteiger partial charge in [-0.05, 0) is 17.9 Å². The quantitative estimate of drug-likeness (QED) is 0.792. The van der Waals surface area contributed by atoms with Crippen molar-refractivity contribution in [3.05, 3.63) is 35.9 Å². The fourth-order valence-corrected chi connectivity index (χ4v) is 2.84. The summed E-state index contributed by atoms with van der Waals surface area (Å²) < 4.78 is 0. The van der Waals surface area contributed by atoms with Crippen molar-refractivity contribution in [1.29, 1.82) is 0 Å². The lowest BCUT2D eigenvalue weighted by Crippen LogP contribution is -2.26. The Bertz CT molecular complexity index is 306. The van der Waals surface area contributed by atoms with Crippen LogP contribution in [-0.2, 0) is 0 Å². The molecule has 2 rings (SSSR count). The SMILES string of the molecule is OCCNC(CC1CCCC1)c1ccccc1. The molecule has 0 aliphatic heterocycles. The second-order valence-corrected chi connectivity index (χ2v) is 5.03. The largest absolute Gasteiger partial charge is 0.395 e. The molecule has 1 aromatic rings. The standard InChI is InChI=1S/C15H23NO/c17-11-10-16-15(12-13-6-4-5-7-13)14-8-2-1-3-9-14/h1-3,8-9,13,15-17H,4-7,10-12H2. The van der Waals surface area contributed by atoms with Crippen molar-refractivity contribution in [3.8, 4) is 0 Å². The number of rotatable bonds is 6. The van der Waals surface area contributed by atoms with Gasteiger partial charge >= 0.3 is 0 Å². The number of hydrogen-bond donors (Lipinski definition) is 2. The maximum atomic E-state index is 8.96. The van der Waals surface area contributed by atoms with E-state index in [0.717, 1.165) is 5.92 Å². The van der Waals surface area contributed by atoms with E-state index in [1.54, 1.807) is 0 Å². The Labute approximate surface area is 104 Å². The van der Waals surface area contributed by atoms with Crippen LogP contribution in [0.2, 0.25) is 0 Å². The molecule has 2 N–H and O–H groups in total. The van der Waals surface area contributed by atoms with Gasteiger partial charge in [0.2, 0.25) is 0 Å². The van der Waals surface area contributed by atoms with E-state index >= 15 is 0 Å². The summed E-state index contributed by atoms with van der Waals surface area (Å²) in [6, 6.07) is 11.0. The zero-order valence-electron chi connectivity index (χ0n) is 10.4. The molecule has 1 fully saturated rings. The van der Waals surface area contributed by atoms with Gasteiger partial charge in [-0.2, -0.15) is 0 Å². The Morgan fingerprint density at radius 2 is 1.88 bits per heavy atom. The number of nitrogens with one attached hydrogen (secondary N) is 1. The van der Waals surface area contributed by atoms with Gasteiger partial charge in [-0.1, -0.05) is 56.0 Å². The Morgan fingerprint density at radius 3 is 2.53 bits per heavy atom. The molecule has 1 aromatic carbocycles. The Balaban J connectivity index is 1.97. The first kappa shape index (κ1) is 12.6. The number of hydrogen-bond acceptors (Lipinski definition) is 2. The molecule has 1 atom stereocenters.